The van der Waals surface area contributed by atoms with Crippen LogP contribution in [0.15, 0.2) is 77.8 Å². The molecule has 0 amide bonds. The molecule has 0 atom stereocenters. The lowest BCUT2D eigenvalue weighted by Gasteiger charge is -2.08. The molecule has 0 aliphatic carbocycles. The van der Waals surface area contributed by atoms with Gasteiger partial charge in [0.05, 0.1) is 17.6 Å². The number of para-hydroxylation sites is 2. The molecule has 0 radical (unpaired) electrons. The van der Waals surface area contributed by atoms with Gasteiger partial charge in [-0.2, -0.15) is 0 Å². The number of aliphatic imine (C=N–C) groups is 1. The summed E-state index contributed by atoms with van der Waals surface area (Å²) in [5, 5.41) is 2.55. The summed E-state index contributed by atoms with van der Waals surface area (Å²) in [7, 11) is 0. The third-order valence-corrected chi connectivity index (χ3v) is 4.05. The normalized spacial score (nSPS) is 11.1. The van der Waals surface area contributed by atoms with Crippen molar-refractivity contribution in [3.8, 4) is 5.69 Å². The van der Waals surface area contributed by atoms with Gasteiger partial charge in [0.1, 0.15) is 0 Å². The molecular formula is C20H16N2. The molecule has 0 saturated heterocycles. The maximum absolute atomic E-state index is 4.01. The van der Waals surface area contributed by atoms with Crippen LogP contribution in [0.4, 0.5) is 0 Å². The van der Waals surface area contributed by atoms with E-state index in [0.29, 0.717) is 6.54 Å². The zero-order valence-corrected chi connectivity index (χ0v) is 12.2. The second-order valence-corrected chi connectivity index (χ2v) is 5.42. The number of aromatic nitrogens is 1. The van der Waals surface area contributed by atoms with Crippen LogP contribution in [0.3, 0.4) is 0 Å². The molecule has 0 spiro atoms. The van der Waals surface area contributed by atoms with Crippen LogP contribution in [0.1, 0.15) is 5.56 Å². The van der Waals surface area contributed by atoms with Crippen molar-refractivity contribution < 1.29 is 0 Å². The van der Waals surface area contributed by atoms with Gasteiger partial charge >= 0.3 is 0 Å². The Hall–Kier alpha value is -2.87. The molecule has 2 heteroatoms. The van der Waals surface area contributed by atoms with Crippen molar-refractivity contribution in [1.29, 1.82) is 0 Å². The van der Waals surface area contributed by atoms with Gasteiger partial charge in [-0.3, -0.25) is 4.99 Å². The van der Waals surface area contributed by atoms with Gasteiger partial charge in [0.2, 0.25) is 0 Å². The molecular weight excluding hydrogens is 268 g/mol. The Balaban J connectivity index is 2.14. The van der Waals surface area contributed by atoms with Gasteiger partial charge in [-0.25, -0.2) is 0 Å². The standard InChI is InChI=1S/C20H16N2/c1-21-14-15-11-12-18-17-9-5-6-10-19(17)22(20(18)13-15)16-7-3-2-4-8-16/h2-13H,1,14H2. The topological polar surface area (TPSA) is 17.3 Å². The van der Waals surface area contributed by atoms with E-state index >= 15 is 0 Å². The van der Waals surface area contributed by atoms with Crippen LogP contribution in [0.2, 0.25) is 0 Å². The highest BCUT2D eigenvalue weighted by Crippen LogP contribution is 2.32. The van der Waals surface area contributed by atoms with Crippen LogP contribution in [0, 0.1) is 0 Å². The molecule has 3 aromatic carbocycles. The molecule has 0 fully saturated rings. The van der Waals surface area contributed by atoms with Gasteiger partial charge in [0.15, 0.2) is 0 Å². The van der Waals surface area contributed by atoms with Gasteiger partial charge in [0, 0.05) is 16.5 Å². The first-order chi connectivity index (χ1) is 10.9. The molecule has 0 unspecified atom stereocenters. The van der Waals surface area contributed by atoms with E-state index < -0.39 is 0 Å². The van der Waals surface area contributed by atoms with Crippen molar-refractivity contribution in [2.24, 2.45) is 4.99 Å². The first-order valence-electron chi connectivity index (χ1n) is 7.38. The largest absolute Gasteiger partial charge is 0.309 e. The van der Waals surface area contributed by atoms with Crippen molar-refractivity contribution in [2.75, 3.05) is 0 Å². The first kappa shape index (κ1) is 12.8. The smallest absolute Gasteiger partial charge is 0.0633 e. The lowest BCUT2D eigenvalue weighted by atomic mass is 10.1. The van der Waals surface area contributed by atoms with Gasteiger partial charge < -0.3 is 4.57 Å². The highest BCUT2D eigenvalue weighted by Gasteiger charge is 2.11. The number of hydrogen-bond acceptors (Lipinski definition) is 1. The van der Waals surface area contributed by atoms with Crippen molar-refractivity contribution in [3.63, 3.8) is 0 Å². The monoisotopic (exact) mass is 284 g/mol. The van der Waals surface area contributed by atoms with Crippen LogP contribution >= 0.6 is 0 Å². The lowest BCUT2D eigenvalue weighted by Crippen LogP contribution is -1.93. The average Bonchev–Trinajstić information content (AvgIpc) is 2.90. The summed E-state index contributed by atoms with van der Waals surface area (Å²) in [5.74, 6) is 0. The van der Waals surface area contributed by atoms with Crippen molar-refractivity contribution in [1.82, 2.24) is 4.57 Å². The zero-order chi connectivity index (χ0) is 14.9. The van der Waals surface area contributed by atoms with Crippen LogP contribution in [-0.2, 0) is 6.54 Å². The summed E-state index contributed by atoms with van der Waals surface area (Å²) in [6.45, 7) is 4.25. The second kappa shape index (κ2) is 5.15. The quantitative estimate of drug-likeness (QED) is 0.472. The van der Waals surface area contributed by atoms with Crippen LogP contribution < -0.4 is 0 Å². The SMILES string of the molecule is C=NCc1ccc2c3ccccc3n(-c3ccccc3)c2c1. The predicted molar refractivity (Wildman–Crippen MR) is 94.0 cm³/mol. The molecule has 106 valence electrons. The van der Waals surface area contributed by atoms with E-state index in [-0.39, 0.29) is 0 Å². The Labute approximate surface area is 129 Å². The number of rotatable bonds is 3. The lowest BCUT2D eigenvalue weighted by molar-refractivity contribution is 1.08. The number of nitrogens with zero attached hydrogens (tertiary/aromatic N) is 2. The summed E-state index contributed by atoms with van der Waals surface area (Å²) in [6.07, 6.45) is 0. The highest BCUT2D eigenvalue weighted by molar-refractivity contribution is 6.09. The fraction of sp³-hybridized carbons (Fsp3) is 0.0500. The molecule has 2 nitrogen and oxygen atoms in total. The van der Waals surface area contributed by atoms with Crippen molar-refractivity contribution >= 4 is 28.5 Å². The van der Waals surface area contributed by atoms with E-state index in [9.17, 15) is 0 Å². The van der Waals surface area contributed by atoms with E-state index in [0.717, 1.165) is 0 Å². The van der Waals surface area contributed by atoms with Crippen LogP contribution in [-0.4, -0.2) is 11.3 Å². The van der Waals surface area contributed by atoms with Gasteiger partial charge in [0.25, 0.3) is 0 Å². The van der Waals surface area contributed by atoms with E-state index in [1.54, 1.807) is 0 Å². The number of benzene rings is 3. The molecule has 22 heavy (non-hydrogen) atoms. The molecule has 1 aromatic heterocycles. The Bertz CT molecular complexity index is 965. The van der Waals surface area contributed by atoms with E-state index in [1.807, 2.05) is 6.07 Å². The number of hydrogen-bond donors (Lipinski definition) is 0. The fourth-order valence-electron chi connectivity index (χ4n) is 3.10. The summed E-state index contributed by atoms with van der Waals surface area (Å²) >= 11 is 0. The minimum absolute atomic E-state index is 0.645. The molecule has 4 rings (SSSR count). The van der Waals surface area contributed by atoms with Gasteiger partial charge in [-0.15, -0.1) is 0 Å². The summed E-state index contributed by atoms with van der Waals surface area (Å²) in [5.41, 5.74) is 4.81. The van der Waals surface area contributed by atoms with Crippen LogP contribution in [0.25, 0.3) is 27.5 Å². The first-order valence-corrected chi connectivity index (χ1v) is 7.38. The summed E-state index contributed by atoms with van der Waals surface area (Å²) in [4.78, 5) is 4.01. The Kier molecular flexibility index (Phi) is 3.01. The molecule has 0 bridgehead atoms. The molecule has 0 saturated carbocycles. The third-order valence-electron chi connectivity index (χ3n) is 4.05. The molecule has 0 aliphatic heterocycles. The molecule has 0 aliphatic rings. The average molecular weight is 284 g/mol. The third kappa shape index (κ3) is 1.92. The van der Waals surface area contributed by atoms with E-state index in [4.69, 9.17) is 0 Å². The highest BCUT2D eigenvalue weighted by atomic mass is 15.0. The minimum Gasteiger partial charge on any atom is -0.309 e. The maximum atomic E-state index is 4.01. The van der Waals surface area contributed by atoms with Crippen LogP contribution in [0.5, 0.6) is 0 Å². The molecule has 0 N–H and O–H groups in total. The zero-order valence-electron chi connectivity index (χ0n) is 12.2. The number of fused-ring (bicyclic) bond motifs is 3. The van der Waals surface area contributed by atoms with Gasteiger partial charge in [-0.05, 0) is 36.5 Å². The molecule has 4 aromatic rings. The second-order valence-electron chi connectivity index (χ2n) is 5.42. The summed E-state index contributed by atoms with van der Waals surface area (Å²) < 4.78 is 2.32. The maximum Gasteiger partial charge on any atom is 0.0633 e. The predicted octanol–water partition coefficient (Wildman–Crippen LogP) is 4.98. The van der Waals surface area contributed by atoms with E-state index in [2.05, 4.69) is 83.0 Å². The minimum atomic E-state index is 0.645. The van der Waals surface area contributed by atoms with Crippen molar-refractivity contribution in [3.05, 3.63) is 78.4 Å². The van der Waals surface area contributed by atoms with E-state index in [1.165, 1.54) is 33.1 Å². The Morgan fingerprint density at radius 2 is 1.50 bits per heavy atom. The summed E-state index contributed by atoms with van der Waals surface area (Å²) in [6, 6.07) is 25.6. The molecule has 1 heterocycles. The van der Waals surface area contributed by atoms with Gasteiger partial charge in [-0.1, -0.05) is 48.5 Å². The fourth-order valence-corrected chi connectivity index (χ4v) is 3.10. The van der Waals surface area contributed by atoms with Crippen molar-refractivity contribution in [2.45, 2.75) is 6.54 Å². The Morgan fingerprint density at radius 3 is 2.32 bits per heavy atom. The Morgan fingerprint density at radius 1 is 0.773 bits per heavy atom.